The highest BCUT2D eigenvalue weighted by atomic mass is 35.5. The van der Waals surface area contributed by atoms with Crippen molar-refractivity contribution in [1.29, 1.82) is 0 Å². The number of nitrogens with one attached hydrogen (secondary N) is 1. The minimum atomic E-state index is -0.542. The SMILES string of the molecule is O=C(CCCCCl)Nc1c(Cl)cc(F)cc1Cl. The van der Waals surface area contributed by atoms with Crippen molar-refractivity contribution in [2.24, 2.45) is 0 Å². The zero-order valence-electron chi connectivity index (χ0n) is 8.90. The summed E-state index contributed by atoms with van der Waals surface area (Å²) in [5.41, 5.74) is 0.241. The zero-order valence-corrected chi connectivity index (χ0v) is 11.2. The van der Waals surface area contributed by atoms with Gasteiger partial charge in [-0.05, 0) is 25.0 Å². The predicted molar refractivity (Wildman–Crippen MR) is 69.6 cm³/mol. The molecule has 1 rings (SSSR count). The molecule has 1 amide bonds. The molecule has 0 saturated carbocycles. The lowest BCUT2D eigenvalue weighted by Gasteiger charge is -2.09. The topological polar surface area (TPSA) is 29.1 Å². The molecule has 0 atom stereocenters. The molecule has 17 heavy (non-hydrogen) atoms. The fourth-order valence-corrected chi connectivity index (χ4v) is 1.99. The molecule has 0 radical (unpaired) electrons. The molecule has 1 N–H and O–H groups in total. The monoisotopic (exact) mass is 297 g/mol. The van der Waals surface area contributed by atoms with Crippen LogP contribution < -0.4 is 5.32 Å². The molecular formula is C11H11Cl3FNO. The third kappa shape index (κ3) is 4.70. The van der Waals surface area contributed by atoms with E-state index >= 15 is 0 Å². The Morgan fingerprint density at radius 1 is 1.24 bits per heavy atom. The lowest BCUT2D eigenvalue weighted by molar-refractivity contribution is -0.116. The zero-order chi connectivity index (χ0) is 12.8. The van der Waals surface area contributed by atoms with Crippen LogP contribution in [-0.4, -0.2) is 11.8 Å². The van der Waals surface area contributed by atoms with Crippen LogP contribution in [-0.2, 0) is 4.79 Å². The molecule has 0 aromatic heterocycles. The summed E-state index contributed by atoms with van der Waals surface area (Å²) in [6, 6.07) is 2.20. The van der Waals surface area contributed by atoms with Gasteiger partial charge in [-0.25, -0.2) is 4.39 Å². The maximum atomic E-state index is 12.9. The number of alkyl halides is 1. The maximum Gasteiger partial charge on any atom is 0.224 e. The van der Waals surface area contributed by atoms with E-state index in [2.05, 4.69) is 5.32 Å². The normalized spacial score (nSPS) is 10.4. The van der Waals surface area contributed by atoms with Crippen molar-refractivity contribution in [3.8, 4) is 0 Å². The first-order chi connectivity index (χ1) is 8.04. The first-order valence-corrected chi connectivity index (χ1v) is 6.34. The Bertz CT molecular complexity index is 389. The second kappa shape index (κ2) is 7.04. The third-order valence-corrected chi connectivity index (χ3v) is 2.92. The van der Waals surface area contributed by atoms with E-state index in [9.17, 15) is 9.18 Å². The second-order valence-electron chi connectivity index (χ2n) is 3.44. The van der Waals surface area contributed by atoms with E-state index < -0.39 is 5.82 Å². The highest BCUT2D eigenvalue weighted by Gasteiger charge is 2.11. The molecular weight excluding hydrogens is 287 g/mol. The predicted octanol–water partition coefficient (Wildman–Crippen LogP) is 4.48. The van der Waals surface area contributed by atoms with Crippen LogP contribution in [0.25, 0.3) is 0 Å². The third-order valence-electron chi connectivity index (χ3n) is 2.06. The largest absolute Gasteiger partial charge is 0.324 e. The molecule has 0 aliphatic heterocycles. The molecule has 1 aromatic rings. The molecule has 0 spiro atoms. The summed E-state index contributed by atoms with van der Waals surface area (Å²) in [7, 11) is 0. The van der Waals surface area contributed by atoms with Gasteiger partial charge < -0.3 is 5.32 Å². The standard InChI is InChI=1S/C11H11Cl3FNO/c12-4-2-1-3-10(17)16-11-8(13)5-7(15)6-9(11)14/h5-6H,1-4H2,(H,16,17). The Labute approximate surface area is 114 Å². The smallest absolute Gasteiger partial charge is 0.224 e. The summed E-state index contributed by atoms with van der Waals surface area (Å²) in [6.45, 7) is 0. The number of anilines is 1. The summed E-state index contributed by atoms with van der Waals surface area (Å²) >= 11 is 17.1. The van der Waals surface area contributed by atoms with Crippen LogP contribution in [0.2, 0.25) is 10.0 Å². The van der Waals surface area contributed by atoms with E-state index in [0.29, 0.717) is 18.7 Å². The van der Waals surface area contributed by atoms with E-state index in [1.807, 2.05) is 0 Å². The maximum absolute atomic E-state index is 12.9. The summed E-state index contributed by atoms with van der Waals surface area (Å²) in [6.07, 6.45) is 1.78. The Morgan fingerprint density at radius 2 is 1.82 bits per heavy atom. The Kier molecular flexibility index (Phi) is 6.03. The Hall–Kier alpha value is -0.510. The van der Waals surface area contributed by atoms with Crippen molar-refractivity contribution in [2.45, 2.75) is 19.3 Å². The van der Waals surface area contributed by atoms with Crippen LogP contribution in [0.3, 0.4) is 0 Å². The molecule has 6 heteroatoms. The number of unbranched alkanes of at least 4 members (excludes halogenated alkanes) is 1. The molecule has 0 fully saturated rings. The molecule has 94 valence electrons. The molecule has 0 heterocycles. The average molecular weight is 299 g/mol. The highest BCUT2D eigenvalue weighted by Crippen LogP contribution is 2.31. The summed E-state index contributed by atoms with van der Waals surface area (Å²) < 4.78 is 12.9. The number of amides is 1. The molecule has 0 unspecified atom stereocenters. The summed E-state index contributed by atoms with van der Waals surface area (Å²) in [5.74, 6) is -0.239. The van der Waals surface area contributed by atoms with Gasteiger partial charge in [-0.2, -0.15) is 0 Å². The van der Waals surface area contributed by atoms with Crippen molar-refractivity contribution >= 4 is 46.4 Å². The molecule has 0 bridgehead atoms. The number of carbonyl (C=O) groups excluding carboxylic acids is 1. The summed E-state index contributed by atoms with van der Waals surface area (Å²) in [5, 5.41) is 2.72. The molecule has 0 aliphatic rings. The minimum absolute atomic E-state index is 0.0840. The van der Waals surface area contributed by atoms with Gasteiger partial charge in [-0.3, -0.25) is 4.79 Å². The van der Waals surface area contributed by atoms with E-state index in [1.165, 1.54) is 0 Å². The van der Waals surface area contributed by atoms with Gasteiger partial charge in [0.05, 0.1) is 15.7 Å². The minimum Gasteiger partial charge on any atom is -0.324 e. The van der Waals surface area contributed by atoms with Crippen molar-refractivity contribution in [1.82, 2.24) is 0 Å². The van der Waals surface area contributed by atoms with Crippen molar-refractivity contribution in [3.05, 3.63) is 28.0 Å². The van der Waals surface area contributed by atoms with E-state index in [4.69, 9.17) is 34.8 Å². The van der Waals surface area contributed by atoms with Crippen LogP contribution >= 0.6 is 34.8 Å². The number of hydrogen-bond donors (Lipinski definition) is 1. The first-order valence-electron chi connectivity index (χ1n) is 5.05. The van der Waals surface area contributed by atoms with Gasteiger partial charge in [0, 0.05) is 12.3 Å². The molecule has 0 aliphatic carbocycles. The quantitative estimate of drug-likeness (QED) is 0.630. The molecule has 2 nitrogen and oxygen atoms in total. The number of rotatable bonds is 5. The Morgan fingerprint density at radius 3 is 2.35 bits per heavy atom. The van der Waals surface area contributed by atoms with Crippen molar-refractivity contribution < 1.29 is 9.18 Å². The van der Waals surface area contributed by atoms with Crippen LogP contribution in [0.1, 0.15) is 19.3 Å². The van der Waals surface area contributed by atoms with Crippen LogP contribution in [0, 0.1) is 5.82 Å². The van der Waals surface area contributed by atoms with Crippen LogP contribution in [0.15, 0.2) is 12.1 Å². The van der Waals surface area contributed by atoms with E-state index in [0.717, 1.165) is 18.6 Å². The molecule has 1 aromatic carbocycles. The average Bonchev–Trinajstić information content (AvgIpc) is 2.24. The van der Waals surface area contributed by atoms with E-state index in [-0.39, 0.29) is 21.6 Å². The number of hydrogen-bond acceptors (Lipinski definition) is 1. The molecule has 0 saturated heterocycles. The fraction of sp³-hybridized carbons (Fsp3) is 0.364. The number of carbonyl (C=O) groups is 1. The number of benzene rings is 1. The fourth-order valence-electron chi connectivity index (χ4n) is 1.24. The number of halogens is 4. The van der Waals surface area contributed by atoms with Gasteiger partial charge >= 0.3 is 0 Å². The van der Waals surface area contributed by atoms with Crippen LogP contribution in [0.5, 0.6) is 0 Å². The van der Waals surface area contributed by atoms with Gasteiger partial charge in [0.1, 0.15) is 5.82 Å². The van der Waals surface area contributed by atoms with Gasteiger partial charge in [0.15, 0.2) is 0 Å². The van der Waals surface area contributed by atoms with Gasteiger partial charge in [-0.15, -0.1) is 11.6 Å². The van der Waals surface area contributed by atoms with Crippen molar-refractivity contribution in [2.75, 3.05) is 11.2 Å². The van der Waals surface area contributed by atoms with Gasteiger partial charge in [-0.1, -0.05) is 23.2 Å². The van der Waals surface area contributed by atoms with Crippen molar-refractivity contribution in [3.63, 3.8) is 0 Å². The Balaban J connectivity index is 2.65. The van der Waals surface area contributed by atoms with Gasteiger partial charge in [0.25, 0.3) is 0 Å². The summed E-state index contributed by atoms with van der Waals surface area (Å²) in [4.78, 5) is 11.5. The lowest BCUT2D eigenvalue weighted by Crippen LogP contribution is -2.12. The van der Waals surface area contributed by atoms with Crippen LogP contribution in [0.4, 0.5) is 10.1 Å². The van der Waals surface area contributed by atoms with Gasteiger partial charge in [0.2, 0.25) is 5.91 Å². The highest BCUT2D eigenvalue weighted by molar-refractivity contribution is 6.39. The first kappa shape index (κ1) is 14.6. The lowest BCUT2D eigenvalue weighted by atomic mass is 10.2. The second-order valence-corrected chi connectivity index (χ2v) is 4.63. The van der Waals surface area contributed by atoms with E-state index in [1.54, 1.807) is 0 Å².